The van der Waals surface area contributed by atoms with E-state index >= 15 is 0 Å². The molecule has 0 aliphatic heterocycles. The van der Waals surface area contributed by atoms with Gasteiger partial charge in [-0.1, -0.05) is 58.7 Å². The highest BCUT2D eigenvalue weighted by Gasteiger charge is 2.16. The van der Waals surface area contributed by atoms with Gasteiger partial charge >= 0.3 is 0 Å². The molecule has 0 saturated heterocycles. The second-order valence-corrected chi connectivity index (χ2v) is 6.11. The van der Waals surface area contributed by atoms with Crippen LogP contribution in [-0.4, -0.2) is 13.7 Å². The van der Waals surface area contributed by atoms with E-state index in [9.17, 15) is 0 Å². The molecule has 2 nitrogen and oxygen atoms in total. The molecule has 112 valence electrons. The van der Waals surface area contributed by atoms with Crippen LogP contribution in [-0.2, 0) is 6.42 Å². The van der Waals surface area contributed by atoms with E-state index in [1.54, 1.807) is 7.11 Å². The molecule has 0 spiro atoms. The van der Waals surface area contributed by atoms with Crippen molar-refractivity contribution in [3.63, 3.8) is 0 Å². The van der Waals surface area contributed by atoms with Crippen LogP contribution in [0.15, 0.2) is 46.9 Å². The molecule has 0 aliphatic carbocycles. The first-order chi connectivity index (χ1) is 10.2. The van der Waals surface area contributed by atoms with Gasteiger partial charge in [-0.15, -0.1) is 0 Å². The van der Waals surface area contributed by atoms with E-state index in [0.717, 1.165) is 33.8 Å². The minimum Gasteiger partial charge on any atom is -0.496 e. The molecule has 0 aliphatic rings. The molecule has 0 saturated carbocycles. The molecular formula is C17H19BrClNO. The molecule has 1 N–H and O–H groups in total. The van der Waals surface area contributed by atoms with Gasteiger partial charge in [0.15, 0.2) is 0 Å². The summed E-state index contributed by atoms with van der Waals surface area (Å²) in [6.07, 6.45) is 0.833. The van der Waals surface area contributed by atoms with Crippen molar-refractivity contribution in [2.24, 2.45) is 0 Å². The summed E-state index contributed by atoms with van der Waals surface area (Å²) >= 11 is 9.85. The second kappa shape index (κ2) is 7.83. The Morgan fingerprint density at radius 2 is 2.00 bits per heavy atom. The van der Waals surface area contributed by atoms with Crippen molar-refractivity contribution in [2.75, 3.05) is 13.7 Å². The molecule has 0 heterocycles. The number of likely N-dealkylation sites (N-methyl/N-ethyl adjacent to an activating group) is 1. The molecule has 21 heavy (non-hydrogen) atoms. The fourth-order valence-corrected chi connectivity index (χ4v) is 3.22. The van der Waals surface area contributed by atoms with E-state index in [1.807, 2.05) is 30.3 Å². The highest BCUT2D eigenvalue weighted by atomic mass is 79.9. The highest BCUT2D eigenvalue weighted by molar-refractivity contribution is 9.10. The zero-order valence-electron chi connectivity index (χ0n) is 12.2. The quantitative estimate of drug-likeness (QED) is 0.774. The van der Waals surface area contributed by atoms with Gasteiger partial charge in [0, 0.05) is 15.5 Å². The number of benzene rings is 2. The zero-order chi connectivity index (χ0) is 15.2. The third-order valence-electron chi connectivity index (χ3n) is 3.40. The van der Waals surface area contributed by atoms with E-state index in [2.05, 4.69) is 40.3 Å². The Bertz CT molecular complexity index is 603. The van der Waals surface area contributed by atoms with Crippen molar-refractivity contribution >= 4 is 27.5 Å². The number of methoxy groups -OCH3 is 1. The largest absolute Gasteiger partial charge is 0.496 e. The lowest BCUT2D eigenvalue weighted by atomic mass is 9.98. The molecule has 2 aromatic carbocycles. The molecule has 2 rings (SSSR count). The van der Waals surface area contributed by atoms with Gasteiger partial charge in [0.05, 0.1) is 7.11 Å². The van der Waals surface area contributed by atoms with Crippen molar-refractivity contribution < 1.29 is 4.74 Å². The number of hydrogen-bond acceptors (Lipinski definition) is 2. The van der Waals surface area contributed by atoms with Crippen LogP contribution >= 0.6 is 27.5 Å². The van der Waals surface area contributed by atoms with Gasteiger partial charge < -0.3 is 10.1 Å². The van der Waals surface area contributed by atoms with Crippen molar-refractivity contribution in [1.82, 2.24) is 5.32 Å². The van der Waals surface area contributed by atoms with E-state index in [-0.39, 0.29) is 6.04 Å². The lowest BCUT2D eigenvalue weighted by Gasteiger charge is -2.21. The van der Waals surface area contributed by atoms with Gasteiger partial charge in [0.1, 0.15) is 5.75 Å². The fourth-order valence-electron chi connectivity index (χ4n) is 2.41. The van der Waals surface area contributed by atoms with Crippen molar-refractivity contribution in [3.8, 4) is 5.75 Å². The molecule has 1 atom stereocenters. The molecule has 1 unspecified atom stereocenters. The normalized spacial score (nSPS) is 12.2. The number of nitrogens with one attached hydrogen (secondary N) is 1. The van der Waals surface area contributed by atoms with E-state index in [1.165, 1.54) is 5.56 Å². The van der Waals surface area contributed by atoms with Gasteiger partial charge in [-0.2, -0.15) is 0 Å². The number of para-hydroxylation sites is 1. The molecule has 2 aromatic rings. The minimum atomic E-state index is 0.159. The smallest absolute Gasteiger partial charge is 0.122 e. The lowest BCUT2D eigenvalue weighted by Crippen LogP contribution is -2.23. The Hall–Kier alpha value is -1.03. The number of halogens is 2. The van der Waals surface area contributed by atoms with Gasteiger partial charge in [0.2, 0.25) is 0 Å². The fraction of sp³-hybridized carbons (Fsp3) is 0.294. The number of hydrogen-bond donors (Lipinski definition) is 1. The SMILES string of the molecule is CCNC(Cc1ccccc1OC)c1ccc(Br)cc1Cl. The monoisotopic (exact) mass is 367 g/mol. The topological polar surface area (TPSA) is 21.3 Å². The van der Waals surface area contributed by atoms with Crippen LogP contribution in [0.5, 0.6) is 5.75 Å². The van der Waals surface area contributed by atoms with Crippen LogP contribution in [0.2, 0.25) is 5.02 Å². The second-order valence-electron chi connectivity index (χ2n) is 4.79. The van der Waals surface area contributed by atoms with Gasteiger partial charge in [0.25, 0.3) is 0 Å². The summed E-state index contributed by atoms with van der Waals surface area (Å²) in [5, 5.41) is 4.27. The lowest BCUT2D eigenvalue weighted by molar-refractivity contribution is 0.405. The molecule has 0 amide bonds. The van der Waals surface area contributed by atoms with Gasteiger partial charge in [-0.3, -0.25) is 0 Å². The van der Waals surface area contributed by atoms with Crippen molar-refractivity contribution in [3.05, 3.63) is 63.1 Å². The van der Waals surface area contributed by atoms with Gasteiger partial charge in [-0.05, 0) is 42.3 Å². The van der Waals surface area contributed by atoms with Crippen LogP contribution in [0.1, 0.15) is 24.1 Å². The standard InChI is InChI=1S/C17H19BrClNO/c1-3-20-16(14-9-8-13(18)11-15(14)19)10-12-6-4-5-7-17(12)21-2/h4-9,11,16,20H,3,10H2,1-2H3. The first-order valence-corrected chi connectivity index (χ1v) is 8.13. The molecular weight excluding hydrogens is 350 g/mol. The Labute approximate surface area is 139 Å². The zero-order valence-corrected chi connectivity index (χ0v) is 14.5. The van der Waals surface area contributed by atoms with E-state index < -0.39 is 0 Å². The van der Waals surface area contributed by atoms with Crippen molar-refractivity contribution in [2.45, 2.75) is 19.4 Å². The number of ether oxygens (including phenoxy) is 1. The predicted molar refractivity (Wildman–Crippen MR) is 92.3 cm³/mol. The molecule has 4 heteroatoms. The summed E-state index contributed by atoms with van der Waals surface area (Å²) in [5.74, 6) is 0.911. The molecule has 0 aromatic heterocycles. The summed E-state index contributed by atoms with van der Waals surface area (Å²) in [7, 11) is 1.70. The maximum atomic E-state index is 6.40. The maximum absolute atomic E-state index is 6.40. The maximum Gasteiger partial charge on any atom is 0.122 e. The summed E-state index contributed by atoms with van der Waals surface area (Å²) in [5.41, 5.74) is 2.28. The van der Waals surface area contributed by atoms with Crippen LogP contribution in [0.3, 0.4) is 0 Å². The first-order valence-electron chi connectivity index (χ1n) is 6.96. The highest BCUT2D eigenvalue weighted by Crippen LogP contribution is 2.30. The third kappa shape index (κ3) is 4.22. The van der Waals surface area contributed by atoms with Crippen molar-refractivity contribution in [1.29, 1.82) is 0 Å². The Kier molecular flexibility index (Phi) is 6.09. The number of rotatable bonds is 6. The van der Waals surface area contributed by atoms with E-state index in [4.69, 9.17) is 16.3 Å². The predicted octanol–water partition coefficient (Wildman–Crippen LogP) is 5.00. The van der Waals surface area contributed by atoms with Crippen LogP contribution < -0.4 is 10.1 Å². The van der Waals surface area contributed by atoms with Gasteiger partial charge in [-0.25, -0.2) is 0 Å². The van der Waals surface area contributed by atoms with Crippen LogP contribution in [0, 0.1) is 0 Å². The average molecular weight is 369 g/mol. The first kappa shape index (κ1) is 16.3. The Morgan fingerprint density at radius 3 is 2.67 bits per heavy atom. The summed E-state index contributed by atoms with van der Waals surface area (Å²) < 4.78 is 6.43. The summed E-state index contributed by atoms with van der Waals surface area (Å²) in [6.45, 7) is 2.98. The summed E-state index contributed by atoms with van der Waals surface area (Å²) in [6, 6.07) is 14.3. The third-order valence-corrected chi connectivity index (χ3v) is 4.23. The summed E-state index contributed by atoms with van der Waals surface area (Å²) in [4.78, 5) is 0. The molecule has 0 radical (unpaired) electrons. The Balaban J connectivity index is 2.30. The molecule has 0 fully saturated rings. The Morgan fingerprint density at radius 1 is 1.24 bits per heavy atom. The average Bonchev–Trinajstić information content (AvgIpc) is 2.47. The van der Waals surface area contributed by atoms with E-state index in [0.29, 0.717) is 0 Å². The van der Waals surface area contributed by atoms with Crippen LogP contribution in [0.25, 0.3) is 0 Å². The van der Waals surface area contributed by atoms with Crippen LogP contribution in [0.4, 0.5) is 0 Å². The minimum absolute atomic E-state index is 0.159. The molecule has 0 bridgehead atoms.